The summed E-state index contributed by atoms with van der Waals surface area (Å²) in [5, 5.41) is 13.3. The molecule has 0 spiro atoms. The summed E-state index contributed by atoms with van der Waals surface area (Å²) in [6.45, 7) is 1.87. The molecule has 0 bridgehead atoms. The third-order valence-electron chi connectivity index (χ3n) is 3.22. The van der Waals surface area contributed by atoms with Crippen LogP contribution in [0.4, 0.5) is 0 Å². The van der Waals surface area contributed by atoms with Gasteiger partial charge in [0.1, 0.15) is 10.7 Å². The molecule has 0 saturated carbocycles. The summed E-state index contributed by atoms with van der Waals surface area (Å²) in [6.07, 6.45) is -0.0909. The molecule has 0 fully saturated rings. The van der Waals surface area contributed by atoms with Crippen LogP contribution in [0.25, 0.3) is 20.7 Å². The molecule has 0 atom stereocenters. The summed E-state index contributed by atoms with van der Waals surface area (Å²) < 4.78 is 1.44. The first-order chi connectivity index (χ1) is 10.1. The number of hydrogen-bond acceptors (Lipinski definition) is 5. The van der Waals surface area contributed by atoms with E-state index in [9.17, 15) is 9.59 Å². The van der Waals surface area contributed by atoms with Crippen molar-refractivity contribution in [2.24, 2.45) is 0 Å². The molecule has 0 saturated heterocycles. The molecule has 0 radical (unpaired) electrons. The van der Waals surface area contributed by atoms with Gasteiger partial charge in [0.15, 0.2) is 0 Å². The molecule has 1 N–H and O–H groups in total. The Morgan fingerprint density at radius 1 is 1.43 bits per heavy atom. The van der Waals surface area contributed by atoms with Crippen LogP contribution in [0.1, 0.15) is 12.2 Å². The third kappa shape index (κ3) is 2.50. The number of aromatic nitrogens is 2. The maximum Gasteiger partial charge on any atom is 0.305 e. The minimum absolute atomic E-state index is 0.0909. The van der Waals surface area contributed by atoms with E-state index in [1.54, 1.807) is 18.3 Å². The highest BCUT2D eigenvalue weighted by Gasteiger charge is 2.16. The Balaban J connectivity index is 2.20. The largest absolute Gasteiger partial charge is 0.481 e. The van der Waals surface area contributed by atoms with E-state index in [1.165, 1.54) is 15.9 Å². The van der Waals surface area contributed by atoms with Gasteiger partial charge < -0.3 is 5.11 Å². The molecule has 0 aliphatic carbocycles. The Morgan fingerprint density at radius 3 is 2.90 bits per heavy atom. The fraction of sp³-hybridized carbons (Fsp3) is 0.214. The third-order valence-corrected chi connectivity index (χ3v) is 5.00. The van der Waals surface area contributed by atoms with Gasteiger partial charge in [-0.15, -0.1) is 22.7 Å². The predicted octanol–water partition coefficient (Wildman–Crippen LogP) is 2.97. The Hall–Kier alpha value is -1.99. The van der Waals surface area contributed by atoms with Crippen molar-refractivity contribution in [3.05, 3.63) is 39.1 Å². The second-order valence-electron chi connectivity index (χ2n) is 4.57. The van der Waals surface area contributed by atoms with Crippen LogP contribution in [0.3, 0.4) is 0 Å². The van der Waals surface area contributed by atoms with E-state index in [4.69, 9.17) is 5.11 Å². The second-order valence-corrected chi connectivity index (χ2v) is 6.37. The molecule has 5 nitrogen and oxygen atoms in total. The zero-order valence-corrected chi connectivity index (χ0v) is 12.8. The highest BCUT2D eigenvalue weighted by atomic mass is 32.1. The van der Waals surface area contributed by atoms with E-state index in [-0.39, 0.29) is 18.5 Å². The van der Waals surface area contributed by atoms with Crippen molar-refractivity contribution in [2.45, 2.75) is 19.9 Å². The molecule has 3 aromatic rings. The standard InChI is InChI=1S/C14H12N2O3S2/c1-8-15-13-12(14(19)16(8)5-4-11(17)18)9(7-21-13)10-3-2-6-20-10/h2-3,6-7H,4-5H2,1H3,(H,17,18). The summed E-state index contributed by atoms with van der Waals surface area (Å²) in [6, 6.07) is 3.90. The lowest BCUT2D eigenvalue weighted by Gasteiger charge is -2.08. The van der Waals surface area contributed by atoms with Gasteiger partial charge in [-0.25, -0.2) is 4.98 Å². The molecule has 0 aromatic carbocycles. The highest BCUT2D eigenvalue weighted by molar-refractivity contribution is 7.18. The Morgan fingerprint density at radius 2 is 2.24 bits per heavy atom. The summed E-state index contributed by atoms with van der Waals surface area (Å²) in [5.74, 6) is -0.376. The van der Waals surface area contributed by atoms with Crippen LogP contribution in [0, 0.1) is 6.92 Å². The van der Waals surface area contributed by atoms with Crippen LogP contribution in [0.5, 0.6) is 0 Å². The molecule has 7 heteroatoms. The van der Waals surface area contributed by atoms with Crippen molar-refractivity contribution in [1.29, 1.82) is 0 Å². The minimum atomic E-state index is -0.926. The zero-order chi connectivity index (χ0) is 15.0. The van der Waals surface area contributed by atoms with Gasteiger partial charge >= 0.3 is 5.97 Å². The molecule has 3 heterocycles. The fourth-order valence-corrected chi connectivity index (χ4v) is 4.01. The van der Waals surface area contributed by atoms with Gasteiger partial charge in [-0.1, -0.05) is 6.07 Å². The average molecular weight is 320 g/mol. The van der Waals surface area contributed by atoms with Crippen molar-refractivity contribution in [1.82, 2.24) is 9.55 Å². The van der Waals surface area contributed by atoms with Crippen LogP contribution >= 0.6 is 22.7 Å². The van der Waals surface area contributed by atoms with Gasteiger partial charge in [0, 0.05) is 22.4 Å². The smallest absolute Gasteiger partial charge is 0.305 e. The van der Waals surface area contributed by atoms with Gasteiger partial charge in [0.25, 0.3) is 5.56 Å². The van der Waals surface area contributed by atoms with Crippen LogP contribution in [-0.2, 0) is 11.3 Å². The first kappa shape index (κ1) is 14.0. The number of fused-ring (bicyclic) bond motifs is 1. The van der Waals surface area contributed by atoms with Gasteiger partial charge in [0.05, 0.1) is 11.8 Å². The molecule has 0 aliphatic heterocycles. The maximum absolute atomic E-state index is 12.7. The van der Waals surface area contributed by atoms with Crippen LogP contribution in [0.15, 0.2) is 27.7 Å². The van der Waals surface area contributed by atoms with Crippen LogP contribution in [0.2, 0.25) is 0 Å². The Labute approximate surface area is 128 Å². The normalized spacial score (nSPS) is 11.1. The average Bonchev–Trinajstić information content (AvgIpc) is 3.05. The first-order valence-electron chi connectivity index (χ1n) is 6.32. The predicted molar refractivity (Wildman–Crippen MR) is 84.2 cm³/mol. The topological polar surface area (TPSA) is 72.2 Å². The molecule has 0 unspecified atom stereocenters. The van der Waals surface area contributed by atoms with Gasteiger partial charge in [0.2, 0.25) is 0 Å². The summed E-state index contributed by atoms with van der Waals surface area (Å²) in [7, 11) is 0. The number of rotatable bonds is 4. The van der Waals surface area contributed by atoms with E-state index >= 15 is 0 Å². The van der Waals surface area contributed by atoms with E-state index in [2.05, 4.69) is 4.98 Å². The molecule has 3 rings (SSSR count). The van der Waals surface area contributed by atoms with Crippen molar-refractivity contribution >= 4 is 38.9 Å². The summed E-state index contributed by atoms with van der Waals surface area (Å²) in [4.78, 5) is 29.6. The van der Waals surface area contributed by atoms with Crippen molar-refractivity contribution in [2.75, 3.05) is 0 Å². The number of carbonyl (C=O) groups is 1. The maximum atomic E-state index is 12.7. The van der Waals surface area contributed by atoms with E-state index < -0.39 is 5.97 Å². The number of aliphatic carboxylic acids is 1. The van der Waals surface area contributed by atoms with Gasteiger partial charge in [-0.05, 0) is 18.4 Å². The van der Waals surface area contributed by atoms with E-state index in [0.717, 1.165) is 10.4 Å². The van der Waals surface area contributed by atoms with Crippen LogP contribution < -0.4 is 5.56 Å². The van der Waals surface area contributed by atoms with Crippen molar-refractivity contribution in [3.63, 3.8) is 0 Å². The molecule has 108 valence electrons. The molecular weight excluding hydrogens is 308 g/mol. The first-order valence-corrected chi connectivity index (χ1v) is 8.08. The number of nitrogens with zero attached hydrogens (tertiary/aromatic N) is 2. The van der Waals surface area contributed by atoms with Crippen molar-refractivity contribution in [3.8, 4) is 10.4 Å². The molecule has 21 heavy (non-hydrogen) atoms. The number of thiophene rings is 2. The quantitative estimate of drug-likeness (QED) is 0.802. The SMILES string of the molecule is Cc1nc2scc(-c3cccs3)c2c(=O)n1CCC(=O)O. The lowest BCUT2D eigenvalue weighted by atomic mass is 10.2. The van der Waals surface area contributed by atoms with Crippen LogP contribution in [-0.4, -0.2) is 20.6 Å². The van der Waals surface area contributed by atoms with Crippen molar-refractivity contribution < 1.29 is 9.90 Å². The van der Waals surface area contributed by atoms with E-state index in [1.807, 2.05) is 22.9 Å². The number of hydrogen-bond donors (Lipinski definition) is 1. The number of carboxylic acid groups (broad SMARTS) is 1. The number of aryl methyl sites for hydroxylation is 1. The molecular formula is C14H12N2O3S2. The highest BCUT2D eigenvalue weighted by Crippen LogP contribution is 2.33. The molecule has 3 aromatic heterocycles. The minimum Gasteiger partial charge on any atom is -0.481 e. The monoisotopic (exact) mass is 320 g/mol. The molecule has 0 amide bonds. The Bertz CT molecular complexity index is 862. The zero-order valence-electron chi connectivity index (χ0n) is 11.2. The number of carboxylic acids is 1. The lowest BCUT2D eigenvalue weighted by molar-refractivity contribution is -0.137. The Kier molecular flexibility index (Phi) is 3.60. The summed E-state index contributed by atoms with van der Waals surface area (Å²) >= 11 is 3.01. The second kappa shape index (κ2) is 5.42. The lowest BCUT2D eigenvalue weighted by Crippen LogP contribution is -2.24. The summed E-state index contributed by atoms with van der Waals surface area (Å²) in [5.41, 5.74) is 0.718. The fourth-order valence-electron chi connectivity index (χ4n) is 2.21. The van der Waals surface area contributed by atoms with Gasteiger partial charge in [-0.2, -0.15) is 0 Å². The molecule has 0 aliphatic rings. The van der Waals surface area contributed by atoms with Gasteiger partial charge in [-0.3, -0.25) is 14.2 Å². The van der Waals surface area contributed by atoms with E-state index in [0.29, 0.717) is 16.0 Å².